The Labute approximate surface area is 303 Å². The van der Waals surface area contributed by atoms with Crippen molar-refractivity contribution in [1.29, 1.82) is 0 Å². The lowest BCUT2D eigenvalue weighted by Crippen LogP contribution is -1.92. The lowest BCUT2D eigenvalue weighted by Gasteiger charge is -2.19. The quantitative estimate of drug-likeness (QED) is 0.172. The van der Waals surface area contributed by atoms with Crippen molar-refractivity contribution in [3.8, 4) is 33.4 Å². The maximum Gasteiger partial charge on any atom is 0.0630 e. The second kappa shape index (κ2) is 9.64. The highest BCUT2D eigenvalue weighted by molar-refractivity contribution is 6.27. The summed E-state index contributed by atoms with van der Waals surface area (Å²) < 4.78 is 164. The Hall–Kier alpha value is -6.24. The number of fused-ring (bicyclic) bond motifs is 1. The van der Waals surface area contributed by atoms with Crippen LogP contribution < -0.4 is 0 Å². The van der Waals surface area contributed by atoms with E-state index in [2.05, 4.69) is 0 Å². The van der Waals surface area contributed by atoms with E-state index in [-0.39, 0.29) is 86.9 Å². The summed E-state index contributed by atoms with van der Waals surface area (Å²) in [6, 6.07) is 8.22. The summed E-state index contributed by atoms with van der Waals surface area (Å²) in [5, 5.41) is 0.0149. The Morgan fingerprint density at radius 1 is 0.292 bits per heavy atom. The Balaban J connectivity index is 1.38. The first kappa shape index (κ1) is 14.3. The van der Waals surface area contributed by atoms with E-state index in [0.717, 1.165) is 10.8 Å². The summed E-state index contributed by atoms with van der Waals surface area (Å²) >= 11 is 0. The zero-order chi connectivity index (χ0) is 47.0. The highest BCUT2D eigenvalue weighted by Gasteiger charge is 2.19. The van der Waals surface area contributed by atoms with Gasteiger partial charge in [0.15, 0.2) is 0 Å². The fraction of sp³-hybridized carbons (Fsp3) is 0. The first-order chi connectivity index (χ1) is 31.3. The number of benzene rings is 11. The van der Waals surface area contributed by atoms with E-state index < -0.39 is 109 Å². The molecule has 0 nitrogen and oxygen atoms in total. The van der Waals surface area contributed by atoms with E-state index in [1.54, 1.807) is 18.2 Å². The van der Waals surface area contributed by atoms with Crippen LogP contribution in [0.2, 0.25) is 0 Å². The highest BCUT2D eigenvalue weighted by Crippen LogP contribution is 2.46. The third-order valence-electron chi connectivity index (χ3n) is 9.28. The maximum atomic E-state index is 9.72. The Morgan fingerprint density at radius 2 is 0.812 bits per heavy atom. The van der Waals surface area contributed by atoms with Gasteiger partial charge in [0.1, 0.15) is 0 Å². The van der Waals surface area contributed by atoms with Gasteiger partial charge in [-0.3, -0.25) is 0 Å². The molecule has 0 saturated heterocycles. The molecule has 0 aliphatic rings. The molecule has 48 heavy (non-hydrogen) atoms. The van der Waals surface area contributed by atoms with Crippen molar-refractivity contribution in [1.82, 2.24) is 0 Å². The van der Waals surface area contributed by atoms with Crippen LogP contribution in [-0.2, 0) is 0 Å². The fourth-order valence-corrected chi connectivity index (χ4v) is 7.15. The van der Waals surface area contributed by atoms with Crippen molar-refractivity contribution in [2.24, 2.45) is 0 Å². The second-order valence-corrected chi connectivity index (χ2v) is 11.8. The first-order valence-corrected chi connectivity index (χ1v) is 15.3. The van der Waals surface area contributed by atoms with Gasteiger partial charge >= 0.3 is 0 Å². The molecular formula is C48H28. The minimum absolute atomic E-state index is 0.00957. The third-order valence-corrected chi connectivity index (χ3v) is 9.28. The van der Waals surface area contributed by atoms with E-state index in [9.17, 15) is 11.0 Å². The number of hydrogen-bond donors (Lipinski definition) is 0. The lowest BCUT2D eigenvalue weighted by atomic mass is 9.84. The maximum absolute atomic E-state index is 9.72. The molecule has 220 valence electrons. The number of rotatable bonds is 3. The van der Waals surface area contributed by atoms with Crippen LogP contribution in [0, 0.1) is 0 Å². The van der Waals surface area contributed by atoms with Crippen molar-refractivity contribution in [3.05, 3.63) is 169 Å². The normalized spacial score (nSPS) is 17.4. The van der Waals surface area contributed by atoms with Crippen molar-refractivity contribution in [2.75, 3.05) is 0 Å². The fourth-order valence-electron chi connectivity index (χ4n) is 7.15. The van der Waals surface area contributed by atoms with Gasteiger partial charge in [0, 0.05) is 0 Å². The summed E-state index contributed by atoms with van der Waals surface area (Å²) in [6.07, 6.45) is 0. The van der Waals surface area contributed by atoms with Crippen molar-refractivity contribution >= 4 is 75.4 Å². The Bertz CT molecular complexity index is 4030. The topological polar surface area (TPSA) is 0 Å². The van der Waals surface area contributed by atoms with Crippen molar-refractivity contribution in [2.45, 2.75) is 0 Å². The first-order valence-electron chi connectivity index (χ1n) is 24.3. The minimum Gasteiger partial charge on any atom is -0.0616 e. The summed E-state index contributed by atoms with van der Waals surface area (Å²) in [7, 11) is 0. The molecular weight excluding hydrogens is 577 g/mol. The molecule has 0 aliphatic heterocycles. The zero-order valence-corrected chi connectivity index (χ0v) is 24.8. The molecule has 0 heteroatoms. The van der Waals surface area contributed by atoms with Gasteiger partial charge in [0.25, 0.3) is 0 Å². The van der Waals surface area contributed by atoms with Crippen LogP contribution >= 0.6 is 0 Å². The molecule has 0 bridgehead atoms. The molecule has 0 amide bonds. The average molecular weight is 623 g/mol. The second-order valence-electron chi connectivity index (χ2n) is 11.8. The zero-order valence-electron chi connectivity index (χ0n) is 42.8. The summed E-state index contributed by atoms with van der Waals surface area (Å²) in [5.41, 5.74) is 1.19. The standard InChI is InChI=1S/C48H28/c1-2-12-37-29(6-1)7-5-13-39(37)40-25-22-36(38-23-18-34-16-14-30-8-3-10-32-20-26-42(38)47(34)45(30)32)28-44(40)41-24-19-35-17-15-31-9-4-11-33-21-27-43(41)48(35)46(31)33/h1-28H/i3D,4D,8D,9D,10D,11D,14D,15D,16D,17D,18D,19D,20D,21D,23D,24D,26D,27D. The minimum atomic E-state index is -0.604. The van der Waals surface area contributed by atoms with Crippen LogP contribution in [0.4, 0.5) is 0 Å². The van der Waals surface area contributed by atoms with Gasteiger partial charge in [-0.2, -0.15) is 0 Å². The molecule has 0 fully saturated rings. The van der Waals surface area contributed by atoms with Crippen LogP contribution in [0.15, 0.2) is 169 Å². The average Bonchev–Trinajstić information content (AvgIpc) is 3.30. The van der Waals surface area contributed by atoms with Crippen LogP contribution in [0.5, 0.6) is 0 Å². The van der Waals surface area contributed by atoms with Crippen molar-refractivity contribution < 1.29 is 24.7 Å². The monoisotopic (exact) mass is 622 g/mol. The van der Waals surface area contributed by atoms with Gasteiger partial charge in [-0.15, -0.1) is 0 Å². The third kappa shape index (κ3) is 3.55. The molecule has 0 atom stereocenters. The molecule has 0 radical (unpaired) electrons. The smallest absolute Gasteiger partial charge is 0.0616 e. The van der Waals surface area contributed by atoms with Crippen LogP contribution in [-0.4, -0.2) is 0 Å². The molecule has 11 rings (SSSR count). The van der Waals surface area contributed by atoms with Gasteiger partial charge < -0.3 is 0 Å². The summed E-state index contributed by atoms with van der Waals surface area (Å²) in [4.78, 5) is 0. The van der Waals surface area contributed by atoms with E-state index in [0.29, 0.717) is 11.1 Å². The van der Waals surface area contributed by atoms with E-state index in [1.807, 2.05) is 42.5 Å². The van der Waals surface area contributed by atoms with Gasteiger partial charge in [0.2, 0.25) is 0 Å². The van der Waals surface area contributed by atoms with E-state index in [4.69, 9.17) is 13.7 Å². The molecule has 0 spiro atoms. The number of hydrogen-bond acceptors (Lipinski definition) is 0. The molecule has 0 unspecified atom stereocenters. The predicted octanol–water partition coefficient (Wildman–Crippen LogP) is 13.6. The molecule has 0 saturated carbocycles. The van der Waals surface area contributed by atoms with Gasteiger partial charge in [0.05, 0.1) is 24.7 Å². The predicted molar refractivity (Wildman–Crippen MR) is 208 cm³/mol. The molecule has 0 aromatic heterocycles. The highest BCUT2D eigenvalue weighted by atomic mass is 14.2. The molecule has 11 aromatic rings. The largest absolute Gasteiger partial charge is 0.0630 e. The van der Waals surface area contributed by atoms with Crippen LogP contribution in [0.1, 0.15) is 24.7 Å². The van der Waals surface area contributed by atoms with Gasteiger partial charge in [-0.25, -0.2) is 0 Å². The molecule has 0 N–H and O–H groups in total. The lowest BCUT2D eigenvalue weighted by molar-refractivity contribution is 1.61. The van der Waals surface area contributed by atoms with Gasteiger partial charge in [-0.05, 0) is 115 Å². The summed E-state index contributed by atoms with van der Waals surface area (Å²) in [5.74, 6) is 0. The van der Waals surface area contributed by atoms with E-state index >= 15 is 0 Å². The van der Waals surface area contributed by atoms with Crippen molar-refractivity contribution in [3.63, 3.8) is 0 Å². The van der Waals surface area contributed by atoms with Crippen LogP contribution in [0.25, 0.3) is 109 Å². The molecule has 0 heterocycles. The van der Waals surface area contributed by atoms with E-state index in [1.165, 1.54) is 0 Å². The van der Waals surface area contributed by atoms with Crippen LogP contribution in [0.3, 0.4) is 0 Å². The SMILES string of the molecule is [2H]c1c([2H])c2c([2H])c([2H])c3c([2H])c([2H])c(-c4ccc(-c5cccc6ccccc56)c(-c5c([2H])c([2H])c6c([2H])c([2H])c7c([2H])c([2H])c([2H])c8c([2H])c([2H])c5c6c78)c4)c4c([2H])c([2H])c(c1[2H])c2c34. The molecule has 11 aromatic carbocycles. The Kier molecular flexibility index (Phi) is 2.86. The van der Waals surface area contributed by atoms with Gasteiger partial charge in [-0.1, -0.05) is 163 Å². The summed E-state index contributed by atoms with van der Waals surface area (Å²) in [6.45, 7) is 0. The Morgan fingerprint density at radius 3 is 1.48 bits per heavy atom. The molecule has 0 aliphatic carbocycles.